The van der Waals surface area contributed by atoms with Crippen LogP contribution in [0.1, 0.15) is 12.8 Å². The van der Waals surface area contributed by atoms with Crippen molar-refractivity contribution in [3.8, 4) is 0 Å². The largest absolute Gasteiger partial charge is 0.375 e. The minimum Gasteiger partial charge on any atom is -0.375 e. The highest BCUT2D eigenvalue weighted by Crippen LogP contribution is 2.17. The van der Waals surface area contributed by atoms with Crippen LogP contribution in [0, 0.1) is 0 Å². The zero-order valence-electron chi connectivity index (χ0n) is 9.60. The van der Waals surface area contributed by atoms with E-state index in [0.29, 0.717) is 0 Å². The highest BCUT2D eigenvalue weighted by Gasteiger charge is 2.14. The number of nitrogens with two attached hydrogens (primary N) is 1. The fraction of sp³-hybridized carbons (Fsp3) is 0.333. The molecule has 1 saturated heterocycles. The molecule has 0 aromatic heterocycles. The van der Waals surface area contributed by atoms with Crippen LogP contribution < -0.4 is 16.1 Å². The maximum Gasteiger partial charge on any atom is 0.184 e. The third-order valence-corrected chi connectivity index (χ3v) is 2.88. The van der Waals surface area contributed by atoms with Crippen LogP contribution in [0.5, 0.6) is 0 Å². The van der Waals surface area contributed by atoms with Crippen LogP contribution in [0.3, 0.4) is 0 Å². The second-order valence-corrected chi connectivity index (χ2v) is 4.42. The Hall–Kier alpha value is -1.62. The van der Waals surface area contributed by atoms with Crippen molar-refractivity contribution in [3.63, 3.8) is 0 Å². The third kappa shape index (κ3) is 3.42. The van der Waals surface area contributed by atoms with E-state index in [1.807, 2.05) is 6.07 Å². The van der Waals surface area contributed by atoms with Gasteiger partial charge in [-0.25, -0.2) is 0 Å². The van der Waals surface area contributed by atoms with Crippen LogP contribution in [-0.4, -0.2) is 23.9 Å². The second kappa shape index (κ2) is 5.63. The van der Waals surface area contributed by atoms with Gasteiger partial charge in [0.25, 0.3) is 0 Å². The Morgan fingerprint density at radius 2 is 1.88 bits per heavy atom. The van der Waals surface area contributed by atoms with Crippen molar-refractivity contribution in [1.82, 2.24) is 5.43 Å². The molecule has 0 unspecified atom stereocenters. The number of nitrogens with zero attached hydrogens (tertiary/aromatic N) is 2. The summed E-state index contributed by atoms with van der Waals surface area (Å²) in [5.74, 6) is 0. The molecule has 90 valence electrons. The van der Waals surface area contributed by atoms with Crippen molar-refractivity contribution < 1.29 is 0 Å². The number of anilines is 1. The smallest absolute Gasteiger partial charge is 0.184 e. The van der Waals surface area contributed by atoms with Gasteiger partial charge in [-0.2, -0.15) is 5.10 Å². The molecule has 0 radical (unpaired) electrons. The molecule has 1 aromatic carbocycles. The van der Waals surface area contributed by atoms with Gasteiger partial charge in [0.2, 0.25) is 0 Å². The van der Waals surface area contributed by atoms with Crippen molar-refractivity contribution in [2.24, 2.45) is 10.8 Å². The quantitative estimate of drug-likeness (QED) is 0.615. The van der Waals surface area contributed by atoms with Gasteiger partial charge in [0.1, 0.15) is 0 Å². The molecule has 4 nitrogen and oxygen atoms in total. The summed E-state index contributed by atoms with van der Waals surface area (Å²) in [7, 11) is 0. The summed E-state index contributed by atoms with van der Waals surface area (Å²) in [6.45, 7) is 1.98. The monoisotopic (exact) mass is 248 g/mol. The first kappa shape index (κ1) is 11.9. The molecule has 1 heterocycles. The molecule has 0 saturated carbocycles. The van der Waals surface area contributed by atoms with Gasteiger partial charge in [-0.3, -0.25) is 5.43 Å². The molecular weight excluding hydrogens is 232 g/mol. The normalized spacial score (nSPS) is 15.5. The van der Waals surface area contributed by atoms with Gasteiger partial charge in [-0.05, 0) is 24.4 Å². The summed E-state index contributed by atoms with van der Waals surface area (Å²) >= 11 is 4.71. The molecule has 0 bridgehead atoms. The first-order valence-electron chi connectivity index (χ1n) is 5.66. The lowest BCUT2D eigenvalue weighted by Gasteiger charge is -2.29. The van der Waals surface area contributed by atoms with Crippen LogP contribution in [0.2, 0.25) is 0 Å². The van der Waals surface area contributed by atoms with E-state index in [4.69, 9.17) is 18.0 Å². The van der Waals surface area contributed by atoms with Gasteiger partial charge in [0.05, 0.1) is 0 Å². The maximum atomic E-state index is 5.33. The topological polar surface area (TPSA) is 53.6 Å². The summed E-state index contributed by atoms with van der Waals surface area (Å²) in [6, 6.07) is 10.4. The molecule has 1 aliphatic heterocycles. The molecule has 1 fully saturated rings. The summed E-state index contributed by atoms with van der Waals surface area (Å²) in [5.41, 5.74) is 10.4. The average Bonchev–Trinajstić information content (AvgIpc) is 2.38. The Labute approximate surface area is 106 Å². The minimum atomic E-state index is 0.225. The van der Waals surface area contributed by atoms with Gasteiger partial charge in [-0.1, -0.05) is 18.2 Å². The van der Waals surface area contributed by atoms with Crippen LogP contribution in [0.25, 0.3) is 0 Å². The summed E-state index contributed by atoms with van der Waals surface area (Å²) < 4.78 is 0. The first-order valence-corrected chi connectivity index (χ1v) is 6.07. The van der Waals surface area contributed by atoms with E-state index in [1.54, 1.807) is 0 Å². The first-order chi connectivity index (χ1) is 8.25. The molecule has 2 rings (SSSR count). The standard InChI is InChI=1S/C12H16N4S/c13-12(17)15-14-10-6-8-16(9-7-10)11-4-2-1-3-5-11/h1-5H,6-9H2,(H3,13,15,17). The van der Waals surface area contributed by atoms with E-state index in [0.717, 1.165) is 31.6 Å². The Balaban J connectivity index is 1.90. The molecule has 1 aliphatic rings. The summed E-state index contributed by atoms with van der Waals surface area (Å²) in [4.78, 5) is 2.36. The number of benzene rings is 1. The minimum absolute atomic E-state index is 0.225. The zero-order chi connectivity index (χ0) is 12.1. The van der Waals surface area contributed by atoms with E-state index in [2.05, 4.69) is 39.7 Å². The predicted octanol–water partition coefficient (Wildman–Crippen LogP) is 1.48. The number of rotatable bonds is 2. The molecule has 1 aromatic rings. The lowest BCUT2D eigenvalue weighted by atomic mass is 10.1. The number of nitrogens with one attached hydrogen (secondary N) is 1. The predicted molar refractivity (Wildman–Crippen MR) is 75.2 cm³/mol. The van der Waals surface area contributed by atoms with E-state index in [-0.39, 0.29) is 5.11 Å². The van der Waals surface area contributed by atoms with Gasteiger partial charge < -0.3 is 10.6 Å². The summed E-state index contributed by atoms with van der Waals surface area (Å²) in [5, 5.41) is 4.41. The number of hydrazone groups is 1. The van der Waals surface area contributed by atoms with Gasteiger partial charge in [-0.15, -0.1) is 0 Å². The fourth-order valence-electron chi connectivity index (χ4n) is 1.91. The number of thiocarbonyl (C=S) groups is 1. The van der Waals surface area contributed by atoms with Crippen LogP contribution >= 0.6 is 12.2 Å². The lowest BCUT2D eigenvalue weighted by Crippen LogP contribution is -2.35. The average molecular weight is 248 g/mol. The van der Waals surface area contributed by atoms with E-state index >= 15 is 0 Å². The molecule has 0 atom stereocenters. The SMILES string of the molecule is NC(=S)NN=C1CCN(c2ccccc2)CC1. The Kier molecular flexibility index (Phi) is 3.93. The number of para-hydroxylation sites is 1. The fourth-order valence-corrected chi connectivity index (χ4v) is 1.95. The second-order valence-electron chi connectivity index (χ2n) is 3.98. The third-order valence-electron chi connectivity index (χ3n) is 2.79. The highest BCUT2D eigenvalue weighted by molar-refractivity contribution is 7.80. The molecule has 5 heteroatoms. The van der Waals surface area contributed by atoms with Gasteiger partial charge in [0, 0.05) is 37.3 Å². The number of hydrogen-bond acceptors (Lipinski definition) is 3. The number of hydrogen-bond donors (Lipinski definition) is 2. The van der Waals surface area contributed by atoms with Gasteiger partial charge >= 0.3 is 0 Å². The molecule has 0 amide bonds. The van der Waals surface area contributed by atoms with E-state index in [1.165, 1.54) is 5.69 Å². The van der Waals surface area contributed by atoms with Crippen molar-refractivity contribution >= 4 is 28.7 Å². The highest BCUT2D eigenvalue weighted by atomic mass is 32.1. The van der Waals surface area contributed by atoms with E-state index in [9.17, 15) is 0 Å². The Bertz CT molecular complexity index is 406. The van der Waals surface area contributed by atoms with Crippen molar-refractivity contribution in [1.29, 1.82) is 0 Å². The molecular formula is C12H16N4S. The summed E-state index contributed by atoms with van der Waals surface area (Å²) in [6.07, 6.45) is 1.90. The van der Waals surface area contributed by atoms with Crippen LogP contribution in [0.4, 0.5) is 5.69 Å². The van der Waals surface area contributed by atoms with Crippen LogP contribution in [-0.2, 0) is 0 Å². The van der Waals surface area contributed by atoms with Crippen molar-refractivity contribution in [2.45, 2.75) is 12.8 Å². The number of piperidine rings is 1. The van der Waals surface area contributed by atoms with Gasteiger partial charge in [0.15, 0.2) is 5.11 Å². The lowest BCUT2D eigenvalue weighted by molar-refractivity contribution is 0.750. The van der Waals surface area contributed by atoms with Crippen molar-refractivity contribution in [2.75, 3.05) is 18.0 Å². The van der Waals surface area contributed by atoms with Crippen LogP contribution in [0.15, 0.2) is 35.4 Å². The maximum absolute atomic E-state index is 5.33. The molecule has 0 spiro atoms. The zero-order valence-corrected chi connectivity index (χ0v) is 10.4. The van der Waals surface area contributed by atoms with Crippen molar-refractivity contribution in [3.05, 3.63) is 30.3 Å². The molecule has 3 N–H and O–H groups in total. The Morgan fingerprint density at radius 3 is 2.47 bits per heavy atom. The molecule has 0 aliphatic carbocycles. The van der Waals surface area contributed by atoms with E-state index < -0.39 is 0 Å². The molecule has 17 heavy (non-hydrogen) atoms. The Morgan fingerprint density at radius 1 is 1.24 bits per heavy atom.